The lowest BCUT2D eigenvalue weighted by Crippen LogP contribution is -3.00. The summed E-state index contributed by atoms with van der Waals surface area (Å²) in [5.74, 6) is -2.65. The second kappa shape index (κ2) is 39.5. The summed E-state index contributed by atoms with van der Waals surface area (Å²) in [6.45, 7) is 45.2. The smallest absolute Gasteiger partial charge is 0.343 e. The molecule has 0 atom stereocenters. The maximum absolute atomic E-state index is 12.9. The number of carboxylic acid groups (broad SMARTS) is 1. The van der Waals surface area contributed by atoms with Gasteiger partial charge in [0.05, 0.1) is 48.1 Å². The summed E-state index contributed by atoms with van der Waals surface area (Å²) in [7, 11) is -1.42. The molecule has 4 amide bonds. The summed E-state index contributed by atoms with van der Waals surface area (Å²) < 4.78 is 30.8. The lowest BCUT2D eigenvalue weighted by atomic mass is 9.81. The van der Waals surface area contributed by atoms with Gasteiger partial charge in [0.25, 0.3) is 11.8 Å². The quantitative estimate of drug-likeness (QED) is 0.0166. The molecule has 23 heteroatoms. The van der Waals surface area contributed by atoms with Gasteiger partial charge in [-0.15, -0.1) is 5.06 Å². The Hall–Kier alpha value is -7.35. The van der Waals surface area contributed by atoms with E-state index in [-0.39, 0.29) is 113 Å². The zero-order chi connectivity index (χ0) is 81.8. The van der Waals surface area contributed by atoms with E-state index >= 15 is 0 Å². The van der Waals surface area contributed by atoms with Crippen molar-refractivity contribution in [2.24, 2.45) is 0 Å². The van der Waals surface area contributed by atoms with Gasteiger partial charge >= 0.3 is 29.1 Å². The Balaban J connectivity index is 0.000000349. The van der Waals surface area contributed by atoms with Crippen molar-refractivity contribution in [3.63, 3.8) is 0 Å². The number of halogens is 2. The first-order valence-electron chi connectivity index (χ1n) is 40.5. The van der Waals surface area contributed by atoms with Crippen LogP contribution in [0.4, 0.5) is 22.7 Å². The van der Waals surface area contributed by atoms with Crippen molar-refractivity contribution >= 4 is 86.9 Å². The zero-order valence-corrected chi connectivity index (χ0v) is 75.2. The largest absolute Gasteiger partial charge is 1.00 e. The van der Waals surface area contributed by atoms with E-state index in [0.717, 1.165) is 51.6 Å². The molecular formula is C90H131Cl2N7O12Si2. The lowest BCUT2D eigenvalue weighted by molar-refractivity contribution is -0.401. The van der Waals surface area contributed by atoms with Crippen molar-refractivity contribution < 1.29 is 90.4 Å². The van der Waals surface area contributed by atoms with Crippen LogP contribution >= 0.6 is 0 Å². The molecule has 0 saturated carbocycles. The van der Waals surface area contributed by atoms with E-state index < -0.39 is 52.1 Å². The number of fused-ring (bicyclic) bond motifs is 4. The Labute approximate surface area is 689 Å². The van der Waals surface area contributed by atoms with Crippen LogP contribution in [-0.4, -0.2) is 148 Å². The molecule has 1 saturated heterocycles. The Kier molecular flexibility index (Phi) is 33.1. The predicted molar refractivity (Wildman–Crippen MR) is 450 cm³/mol. The first-order chi connectivity index (χ1) is 52.1. The number of anilines is 2. The van der Waals surface area contributed by atoms with Crippen LogP contribution < -0.4 is 45.2 Å². The maximum atomic E-state index is 12.9. The first-order valence-corrected chi connectivity index (χ1v) is 44.4. The van der Waals surface area contributed by atoms with Crippen LogP contribution in [0.15, 0.2) is 145 Å². The van der Waals surface area contributed by atoms with Gasteiger partial charge in [-0.1, -0.05) is 181 Å². The number of hydrogen-bond donors (Lipinski definition) is 3. The third-order valence-electron chi connectivity index (χ3n) is 23.0. The highest BCUT2D eigenvalue weighted by atomic mass is 35.5. The number of para-hydroxylation sites is 4. The van der Waals surface area contributed by atoms with Crippen LogP contribution in [0.25, 0.3) is 0 Å². The number of hydroxylamine groups is 2. The molecule has 5 aliphatic rings. The number of carbonyl (C=O) groups excluding carboxylic acids is 5. The molecule has 620 valence electrons. The van der Waals surface area contributed by atoms with Gasteiger partial charge in [-0.25, -0.2) is 4.79 Å². The number of allylic oxidation sites excluding steroid dienone is 8. The highest BCUT2D eigenvalue weighted by molar-refractivity contribution is 6.70. The van der Waals surface area contributed by atoms with Gasteiger partial charge in [0.1, 0.15) is 14.1 Å². The summed E-state index contributed by atoms with van der Waals surface area (Å²) >= 11 is 0. The van der Waals surface area contributed by atoms with Crippen LogP contribution in [0.3, 0.4) is 0 Å². The molecule has 4 aromatic carbocycles. The van der Waals surface area contributed by atoms with E-state index in [0.29, 0.717) is 37.6 Å². The fourth-order valence-corrected chi connectivity index (χ4v) is 25.0. The minimum atomic E-state index is -2.95. The number of carboxylic acids is 1. The van der Waals surface area contributed by atoms with Gasteiger partial charge in [-0.05, 0) is 139 Å². The molecule has 0 aromatic heterocycles. The number of unbranched alkanes of at least 4 members (excludes halogenated alkanes) is 4. The lowest BCUT2D eigenvalue weighted by Gasteiger charge is -2.43. The molecule has 3 N–H and O–H groups in total. The molecular weight excluding hydrogens is 1500 g/mol. The Morgan fingerprint density at radius 3 is 1.20 bits per heavy atom. The molecule has 0 bridgehead atoms. The second-order valence-corrected chi connectivity index (χ2v) is 43.7. The minimum absolute atomic E-state index is 0. The molecule has 0 spiro atoms. The van der Waals surface area contributed by atoms with Gasteiger partial charge in [0.15, 0.2) is 11.4 Å². The van der Waals surface area contributed by atoms with E-state index in [1.54, 1.807) is 13.8 Å². The maximum Gasteiger partial charge on any atom is 0.343 e. The van der Waals surface area contributed by atoms with Crippen LogP contribution in [0.5, 0.6) is 0 Å². The number of carbonyl (C=O) groups is 6. The topological polar surface area (TPSA) is 209 Å². The molecule has 19 nitrogen and oxygen atoms in total. The SMILES string of the molecule is CC(C)[Si](OCCNC(=O)CCCCCN1C(=CC=CC2=[N+](C)c3ccccc3C2(C)C)C(C)(C)c2ccccc21)(OC(C)(C)CC(=O)O)C(C)C.CC(C)[Si](OCCNC(=O)CCCCCN1C(=CC=CC2=[N+](C)c3ccccc3C2(C)C)C(C)(C)c2ccccc21)(OC(C)(C)CC(=O)ON1C(=O)CCC1=O)C(C)C.[Cl-].[Cl-]. The first kappa shape index (κ1) is 94.5. The molecule has 113 heavy (non-hydrogen) atoms. The van der Waals surface area contributed by atoms with Crippen molar-refractivity contribution in [1.82, 2.24) is 15.7 Å². The number of aliphatic carboxylic acids is 1. The van der Waals surface area contributed by atoms with Gasteiger partial charge in [0.2, 0.25) is 23.2 Å². The fraction of sp³-hybridized carbons (Fsp3) is 0.556. The van der Waals surface area contributed by atoms with E-state index in [4.69, 9.17) is 22.5 Å². The number of amides is 4. The van der Waals surface area contributed by atoms with E-state index in [1.165, 1.54) is 67.8 Å². The molecule has 0 unspecified atom stereocenters. The van der Waals surface area contributed by atoms with Crippen LogP contribution in [-0.2, 0) is 73.0 Å². The Bertz CT molecular complexity index is 4190. The zero-order valence-electron chi connectivity index (χ0n) is 71.7. The predicted octanol–water partition coefficient (Wildman–Crippen LogP) is 11.8. The number of nitrogens with zero attached hydrogens (tertiary/aromatic N) is 5. The molecule has 0 radical (unpaired) electrons. The van der Waals surface area contributed by atoms with Crippen molar-refractivity contribution in [2.75, 3.05) is 63.3 Å². The fourth-order valence-electron chi connectivity index (χ4n) is 17.2. The van der Waals surface area contributed by atoms with E-state index in [2.05, 4.69) is 260 Å². The molecule has 5 aliphatic heterocycles. The van der Waals surface area contributed by atoms with Gasteiger partial charge in [0, 0.05) is 121 Å². The monoisotopic (exact) mass is 1630 g/mol. The third kappa shape index (κ3) is 22.0. The summed E-state index contributed by atoms with van der Waals surface area (Å²) in [5.41, 5.74) is 13.6. The standard InChI is InChI=1S/C47H66N4O7Si.C43H63N3O5Si.2ClH/c1-33(2)59(34(3)4,58-45(5,6)32-44(55)57-51-42(53)27-28-43(51)54)56-31-29-48-41(52)26-13-12-18-30-50-38-23-17-15-21-36(38)47(9,10)40(50)25-19-24-39-46(7,8)35-20-14-16-22-37(35)49(39)11;1-31(2)52(32(3)4,51-41(5,6)30-40(48)49)50-29-27-44-39(47)26-13-12-18-28-46-36-23-17-15-21-34(36)43(9,10)38(46)25-19-24-37-42(7,8)33-20-14-16-22-35(33)45(37)11;;/h14-17,19-25,33-34H,12-13,18,26-32H2,1-11H3;14-17,19-25,31-32H,12-13,18,26-30H2,1-11H3,(H-,44,47,48,49);2*1H. The number of hydrogen-bond acceptors (Lipinski definition) is 13. The summed E-state index contributed by atoms with van der Waals surface area (Å²) in [6.07, 6.45) is 19.7. The van der Waals surface area contributed by atoms with Crippen molar-refractivity contribution in [1.29, 1.82) is 0 Å². The van der Waals surface area contributed by atoms with Gasteiger partial charge in [-0.3, -0.25) is 24.0 Å². The molecule has 0 aliphatic carbocycles. The normalized spacial score (nSPS) is 17.6. The number of imide groups is 1. The number of benzene rings is 4. The third-order valence-corrected chi connectivity index (χ3v) is 32.5. The minimum Gasteiger partial charge on any atom is -1.00 e. The van der Waals surface area contributed by atoms with Gasteiger partial charge < -0.3 is 72.9 Å². The summed E-state index contributed by atoms with van der Waals surface area (Å²) in [6, 6.07) is 34.7. The molecule has 1 fully saturated rings. The number of nitrogens with one attached hydrogen (secondary N) is 2. The van der Waals surface area contributed by atoms with Crippen LogP contribution in [0.2, 0.25) is 22.2 Å². The van der Waals surface area contributed by atoms with E-state index in [1.807, 2.05) is 41.5 Å². The Morgan fingerprint density at radius 2 is 0.850 bits per heavy atom. The van der Waals surface area contributed by atoms with E-state index in [9.17, 15) is 33.9 Å². The van der Waals surface area contributed by atoms with Crippen molar-refractivity contribution in [3.8, 4) is 0 Å². The van der Waals surface area contributed by atoms with Gasteiger partial charge in [-0.2, -0.15) is 9.15 Å². The second-order valence-electron chi connectivity index (χ2n) is 35.2. The van der Waals surface area contributed by atoms with Crippen LogP contribution in [0, 0.1) is 0 Å². The molecule has 4 aromatic rings. The Morgan fingerprint density at radius 1 is 0.504 bits per heavy atom. The summed E-state index contributed by atoms with van der Waals surface area (Å²) in [4.78, 5) is 83.9. The number of rotatable bonds is 37. The highest BCUT2D eigenvalue weighted by Crippen LogP contribution is 2.50. The highest BCUT2D eigenvalue weighted by Gasteiger charge is 2.52. The van der Waals surface area contributed by atoms with Crippen molar-refractivity contribution in [2.45, 2.75) is 271 Å². The molecule has 5 heterocycles. The van der Waals surface area contributed by atoms with Crippen molar-refractivity contribution in [3.05, 3.63) is 167 Å². The molecule has 9 rings (SSSR count). The average molecular weight is 1630 g/mol. The average Bonchev–Trinajstić information content (AvgIpc) is 1.60. The van der Waals surface area contributed by atoms with Crippen LogP contribution in [0.1, 0.15) is 238 Å². The summed E-state index contributed by atoms with van der Waals surface area (Å²) in [5, 5.41) is 16.0.